The normalized spacial score (nSPS) is 11.2. The highest BCUT2D eigenvalue weighted by molar-refractivity contribution is 5.91. The second-order valence-electron chi connectivity index (χ2n) is 4.46. The number of carboxylic acids is 2. The van der Waals surface area contributed by atoms with Crippen molar-refractivity contribution in [2.45, 2.75) is 19.8 Å². The van der Waals surface area contributed by atoms with Crippen LogP contribution in [0.15, 0.2) is 24.3 Å². The molecule has 1 unspecified atom stereocenters. The van der Waals surface area contributed by atoms with Gasteiger partial charge in [0.25, 0.3) is 0 Å². The van der Waals surface area contributed by atoms with Gasteiger partial charge in [-0.05, 0) is 56.1 Å². The molecule has 1 aromatic carbocycles. The number of hydrogen-bond acceptors (Lipinski definition) is 4. The molecule has 6 N–H and O–H groups in total. The molecule has 0 spiro atoms. The molecular weight excluding hydrogens is 260 g/mol. The molecule has 0 radical (unpaired) electrons. The number of hydrogen-bond donors (Lipinski definition) is 4. The van der Waals surface area contributed by atoms with E-state index in [9.17, 15) is 9.59 Å². The molecule has 0 fully saturated rings. The number of nitrogens with two attached hydrogens (primary N) is 2. The number of carbonyl (C=O) groups is 2. The number of benzene rings is 1. The minimum Gasteiger partial charge on any atom is -0.478 e. The second kappa shape index (κ2) is 9.94. The quantitative estimate of drug-likeness (QED) is 0.624. The Kier molecular flexibility index (Phi) is 8.98. The van der Waals surface area contributed by atoms with Gasteiger partial charge in [-0.1, -0.05) is 6.92 Å². The van der Waals surface area contributed by atoms with Crippen molar-refractivity contribution in [3.8, 4) is 0 Å². The first kappa shape index (κ1) is 18.1. The van der Waals surface area contributed by atoms with Gasteiger partial charge in [-0.2, -0.15) is 0 Å². The summed E-state index contributed by atoms with van der Waals surface area (Å²) in [5.74, 6) is -1.47. The predicted molar refractivity (Wildman–Crippen MR) is 76.9 cm³/mol. The Labute approximate surface area is 118 Å². The summed E-state index contributed by atoms with van der Waals surface area (Å²) in [6.45, 7) is 3.74. The van der Waals surface area contributed by atoms with Crippen molar-refractivity contribution in [2.75, 3.05) is 13.1 Å². The molecule has 0 bridgehead atoms. The van der Waals surface area contributed by atoms with Crippen molar-refractivity contribution in [2.24, 2.45) is 17.4 Å². The zero-order valence-corrected chi connectivity index (χ0v) is 11.6. The number of rotatable bonds is 6. The van der Waals surface area contributed by atoms with E-state index in [4.69, 9.17) is 21.7 Å². The standard InChI is InChI=1S/C8H6O4.C6H16N2/c9-7(10)5-1-2-6(4-3-5)8(11)12;1-6(5-8)3-2-4-7/h1-4H,(H,9,10)(H,11,12);6H,2-5,7-8H2,1H3. The van der Waals surface area contributed by atoms with Gasteiger partial charge in [0.05, 0.1) is 11.1 Å². The van der Waals surface area contributed by atoms with Crippen LogP contribution >= 0.6 is 0 Å². The fourth-order valence-electron chi connectivity index (χ4n) is 1.34. The molecule has 1 rings (SSSR count). The van der Waals surface area contributed by atoms with Crippen LogP contribution in [0.5, 0.6) is 0 Å². The first-order valence-corrected chi connectivity index (χ1v) is 6.39. The molecular formula is C14H22N2O4. The van der Waals surface area contributed by atoms with Crippen molar-refractivity contribution < 1.29 is 19.8 Å². The van der Waals surface area contributed by atoms with Crippen LogP contribution in [0.3, 0.4) is 0 Å². The Hall–Kier alpha value is -1.92. The first-order valence-electron chi connectivity index (χ1n) is 6.39. The minimum absolute atomic E-state index is 0.0833. The fourth-order valence-corrected chi connectivity index (χ4v) is 1.34. The first-order chi connectivity index (χ1) is 9.42. The molecule has 6 heteroatoms. The maximum atomic E-state index is 10.3. The van der Waals surface area contributed by atoms with Crippen LogP contribution in [0.25, 0.3) is 0 Å². The van der Waals surface area contributed by atoms with E-state index in [1.54, 1.807) is 0 Å². The lowest BCUT2D eigenvalue weighted by Crippen LogP contribution is -2.12. The van der Waals surface area contributed by atoms with Gasteiger partial charge in [0, 0.05) is 0 Å². The van der Waals surface area contributed by atoms with E-state index in [1.165, 1.54) is 30.7 Å². The van der Waals surface area contributed by atoms with E-state index in [0.717, 1.165) is 19.5 Å². The summed E-state index contributed by atoms with van der Waals surface area (Å²) in [5, 5.41) is 16.9. The van der Waals surface area contributed by atoms with Crippen molar-refractivity contribution in [3.63, 3.8) is 0 Å². The van der Waals surface area contributed by atoms with Gasteiger partial charge in [0.15, 0.2) is 0 Å². The Morgan fingerprint density at radius 2 is 1.45 bits per heavy atom. The van der Waals surface area contributed by atoms with E-state index in [2.05, 4.69) is 6.92 Å². The van der Waals surface area contributed by atoms with Crippen molar-refractivity contribution >= 4 is 11.9 Å². The van der Waals surface area contributed by atoms with Crippen LogP contribution in [0, 0.1) is 5.92 Å². The molecule has 0 aliphatic carbocycles. The average Bonchev–Trinajstić information content (AvgIpc) is 2.45. The Balaban J connectivity index is 0.000000396. The van der Waals surface area contributed by atoms with Crippen LogP contribution in [-0.4, -0.2) is 35.2 Å². The molecule has 6 nitrogen and oxygen atoms in total. The smallest absolute Gasteiger partial charge is 0.335 e. The topological polar surface area (TPSA) is 127 Å². The van der Waals surface area contributed by atoms with Crippen LogP contribution in [0.2, 0.25) is 0 Å². The largest absolute Gasteiger partial charge is 0.478 e. The van der Waals surface area contributed by atoms with Gasteiger partial charge >= 0.3 is 11.9 Å². The molecule has 1 atom stereocenters. The number of carboxylic acid groups (broad SMARTS) is 2. The molecule has 1 aromatic rings. The summed E-state index contributed by atoms with van der Waals surface area (Å²) in [5.41, 5.74) is 10.8. The van der Waals surface area contributed by atoms with Crippen LogP contribution in [-0.2, 0) is 0 Å². The van der Waals surface area contributed by atoms with Crippen molar-refractivity contribution in [3.05, 3.63) is 35.4 Å². The predicted octanol–water partition coefficient (Wildman–Crippen LogP) is 1.40. The molecule has 0 aliphatic heterocycles. The molecule has 0 saturated carbocycles. The molecule has 0 saturated heterocycles. The SMILES string of the molecule is CC(CN)CCCN.O=C(O)c1ccc(C(=O)O)cc1. The lowest BCUT2D eigenvalue weighted by atomic mass is 10.1. The average molecular weight is 282 g/mol. The molecule has 112 valence electrons. The van der Waals surface area contributed by atoms with E-state index in [1.807, 2.05) is 0 Å². The van der Waals surface area contributed by atoms with Gasteiger partial charge in [-0.15, -0.1) is 0 Å². The van der Waals surface area contributed by atoms with Crippen LogP contribution < -0.4 is 11.5 Å². The summed E-state index contributed by atoms with van der Waals surface area (Å²) in [6, 6.07) is 5.02. The van der Waals surface area contributed by atoms with E-state index < -0.39 is 11.9 Å². The number of aromatic carboxylic acids is 2. The summed E-state index contributed by atoms with van der Waals surface area (Å²) < 4.78 is 0. The molecule has 0 heterocycles. The van der Waals surface area contributed by atoms with Crippen molar-refractivity contribution in [1.29, 1.82) is 0 Å². The third kappa shape index (κ3) is 7.50. The Morgan fingerprint density at radius 1 is 1.05 bits per heavy atom. The summed E-state index contributed by atoms with van der Waals surface area (Å²) in [6.07, 6.45) is 2.28. The van der Waals surface area contributed by atoms with Gasteiger partial charge in [-0.25, -0.2) is 9.59 Å². The van der Waals surface area contributed by atoms with E-state index >= 15 is 0 Å². The summed E-state index contributed by atoms with van der Waals surface area (Å²) in [4.78, 5) is 20.7. The Morgan fingerprint density at radius 3 is 1.70 bits per heavy atom. The van der Waals surface area contributed by atoms with E-state index in [-0.39, 0.29) is 11.1 Å². The second-order valence-corrected chi connectivity index (χ2v) is 4.46. The molecule has 20 heavy (non-hydrogen) atoms. The molecule has 0 aromatic heterocycles. The highest BCUT2D eigenvalue weighted by atomic mass is 16.4. The van der Waals surface area contributed by atoms with Crippen LogP contribution in [0.4, 0.5) is 0 Å². The molecule has 0 amide bonds. The third-order valence-corrected chi connectivity index (χ3v) is 2.68. The lowest BCUT2D eigenvalue weighted by Gasteiger charge is -2.04. The van der Waals surface area contributed by atoms with Gasteiger partial charge < -0.3 is 21.7 Å². The highest BCUT2D eigenvalue weighted by Crippen LogP contribution is 2.03. The maximum Gasteiger partial charge on any atom is 0.335 e. The van der Waals surface area contributed by atoms with Crippen molar-refractivity contribution in [1.82, 2.24) is 0 Å². The maximum absolute atomic E-state index is 10.3. The Bertz CT molecular complexity index is 385. The van der Waals surface area contributed by atoms with Gasteiger partial charge in [-0.3, -0.25) is 0 Å². The fraction of sp³-hybridized carbons (Fsp3) is 0.429. The van der Waals surface area contributed by atoms with Crippen LogP contribution in [0.1, 0.15) is 40.5 Å². The van der Waals surface area contributed by atoms with Gasteiger partial charge in [0.2, 0.25) is 0 Å². The van der Waals surface area contributed by atoms with E-state index in [0.29, 0.717) is 5.92 Å². The third-order valence-electron chi connectivity index (χ3n) is 2.68. The molecule has 0 aliphatic rings. The zero-order chi connectivity index (χ0) is 15.5. The minimum atomic E-state index is -1.06. The highest BCUT2D eigenvalue weighted by Gasteiger charge is 2.04. The van der Waals surface area contributed by atoms with Gasteiger partial charge in [0.1, 0.15) is 0 Å². The monoisotopic (exact) mass is 282 g/mol. The lowest BCUT2D eigenvalue weighted by molar-refractivity contribution is 0.0681. The summed E-state index contributed by atoms with van der Waals surface area (Å²) in [7, 11) is 0. The zero-order valence-electron chi connectivity index (χ0n) is 11.6. The summed E-state index contributed by atoms with van der Waals surface area (Å²) >= 11 is 0.